The van der Waals surface area contributed by atoms with Gasteiger partial charge < -0.3 is 14.7 Å². The van der Waals surface area contributed by atoms with Gasteiger partial charge in [-0.25, -0.2) is 0 Å². The van der Waals surface area contributed by atoms with Gasteiger partial charge >= 0.3 is 0 Å². The summed E-state index contributed by atoms with van der Waals surface area (Å²) in [4.78, 5) is 23.1. The van der Waals surface area contributed by atoms with Gasteiger partial charge in [0.2, 0.25) is 0 Å². The van der Waals surface area contributed by atoms with Crippen LogP contribution in [0.25, 0.3) is 10.9 Å². The summed E-state index contributed by atoms with van der Waals surface area (Å²) in [6.45, 7) is 2.50. The Bertz CT molecular complexity index is 1330. The molecule has 1 fully saturated rings. The number of rotatable bonds is 9. The second-order valence-electron chi connectivity index (χ2n) is 9.96. The summed E-state index contributed by atoms with van der Waals surface area (Å²) >= 11 is 0. The van der Waals surface area contributed by atoms with E-state index in [0.29, 0.717) is 17.9 Å². The molecule has 2 heterocycles. The first-order valence-electron chi connectivity index (χ1n) is 13.3. The Morgan fingerprint density at radius 2 is 1.79 bits per heavy atom. The van der Waals surface area contributed by atoms with Gasteiger partial charge in [0.15, 0.2) is 6.29 Å². The molecule has 0 atom stereocenters. The fraction of sp³-hybridized carbons (Fsp3) is 0.312. The smallest absolute Gasteiger partial charge is 0.153 e. The molecule has 0 saturated carbocycles. The fourth-order valence-corrected chi connectivity index (χ4v) is 4.72. The van der Waals surface area contributed by atoms with Gasteiger partial charge in [0, 0.05) is 43.6 Å². The van der Waals surface area contributed by atoms with Crippen molar-refractivity contribution in [2.75, 3.05) is 39.3 Å². The van der Waals surface area contributed by atoms with Crippen LogP contribution >= 0.6 is 0 Å². The molecule has 2 N–H and O–H groups in total. The third-order valence-electron chi connectivity index (χ3n) is 7.03. The number of likely N-dealkylation sites (tertiary alicyclic amines) is 1. The van der Waals surface area contributed by atoms with Crippen LogP contribution in [-0.4, -0.2) is 60.7 Å². The molecule has 204 valence electrons. The molecule has 0 bridgehead atoms. The van der Waals surface area contributed by atoms with Crippen molar-refractivity contribution < 1.29 is 19.5 Å². The van der Waals surface area contributed by atoms with Crippen LogP contribution < -0.4 is 10.2 Å². The first-order chi connectivity index (χ1) is 19.0. The molecular weight excluding hydrogens is 490 g/mol. The first-order valence-corrected chi connectivity index (χ1v) is 13.3. The second-order valence-corrected chi connectivity index (χ2v) is 9.96. The number of hydrogen-bond donors (Lipinski definition) is 2. The van der Waals surface area contributed by atoms with E-state index in [9.17, 15) is 9.90 Å². The van der Waals surface area contributed by atoms with Crippen LogP contribution in [0.15, 0.2) is 85.1 Å². The molecule has 7 heteroatoms. The molecule has 1 aliphatic heterocycles. The van der Waals surface area contributed by atoms with E-state index in [1.165, 1.54) is 12.7 Å². The van der Waals surface area contributed by atoms with Crippen molar-refractivity contribution in [2.45, 2.75) is 31.3 Å². The number of carbonyl (C=O) groups is 1. The molecule has 5 rings (SSSR count). The van der Waals surface area contributed by atoms with E-state index < -0.39 is 5.60 Å². The number of nitrogens with zero attached hydrogens (tertiary/aromatic N) is 2. The minimum Gasteiger partial charge on any atom is -0.496 e. The molecule has 0 unspecified atom stereocenters. The van der Waals surface area contributed by atoms with E-state index in [1.54, 1.807) is 24.4 Å². The molecule has 4 aromatic rings. The molecule has 0 spiro atoms. The van der Waals surface area contributed by atoms with Crippen molar-refractivity contribution in [3.05, 3.63) is 102 Å². The summed E-state index contributed by atoms with van der Waals surface area (Å²) in [6.07, 6.45) is 5.87. The minimum atomic E-state index is -0.478. The number of hydrogen-bond acceptors (Lipinski definition) is 7. The highest BCUT2D eigenvalue weighted by molar-refractivity contribution is 5.81. The van der Waals surface area contributed by atoms with Crippen LogP contribution in [0.3, 0.4) is 0 Å². The molecular formula is C32H37N3O4. The Morgan fingerprint density at radius 3 is 2.54 bits per heavy atom. The minimum absolute atomic E-state index is 0.478. The average Bonchev–Trinajstić information content (AvgIpc) is 2.98. The van der Waals surface area contributed by atoms with Crippen LogP contribution in [0, 0.1) is 0 Å². The maximum atomic E-state index is 10.9. The van der Waals surface area contributed by atoms with Gasteiger partial charge in [0.1, 0.15) is 5.75 Å². The molecule has 7 nitrogen and oxygen atoms in total. The fourth-order valence-electron chi connectivity index (χ4n) is 4.72. The molecule has 0 aliphatic carbocycles. The molecule has 1 aliphatic rings. The van der Waals surface area contributed by atoms with E-state index in [2.05, 4.69) is 40.6 Å². The summed E-state index contributed by atoms with van der Waals surface area (Å²) in [7, 11) is 3.64. The maximum absolute atomic E-state index is 10.9. The van der Waals surface area contributed by atoms with Crippen LogP contribution in [0.1, 0.15) is 34.3 Å². The number of anilines is 1. The lowest BCUT2D eigenvalue weighted by Crippen LogP contribution is -2.44. The molecule has 1 aromatic heterocycles. The number of aldehydes is 1. The van der Waals surface area contributed by atoms with Crippen molar-refractivity contribution in [1.29, 1.82) is 0 Å². The molecule has 39 heavy (non-hydrogen) atoms. The topological polar surface area (TPSA) is 83.9 Å². The van der Waals surface area contributed by atoms with Gasteiger partial charge in [-0.2, -0.15) is 0 Å². The predicted octanol–water partition coefficient (Wildman–Crippen LogP) is 5.33. The van der Waals surface area contributed by atoms with E-state index in [4.69, 9.17) is 9.57 Å². The van der Waals surface area contributed by atoms with Gasteiger partial charge in [-0.15, -0.1) is 0 Å². The zero-order chi connectivity index (χ0) is 27.5. The zero-order valence-electron chi connectivity index (χ0n) is 22.7. The van der Waals surface area contributed by atoms with Crippen molar-refractivity contribution in [3.63, 3.8) is 0 Å². The number of aromatic nitrogens is 1. The lowest BCUT2D eigenvalue weighted by Gasteiger charge is -2.36. The number of pyridine rings is 1. The van der Waals surface area contributed by atoms with Crippen LogP contribution in [-0.2, 0) is 17.7 Å². The highest BCUT2D eigenvalue weighted by Gasteiger charge is 2.30. The SMILES string of the molecule is CN1CCC(O)(Cc2ccccc2)CC1.COc1cc(NOCCc2cccc3cccnc23)ccc1C=O. The lowest BCUT2D eigenvalue weighted by atomic mass is 9.85. The van der Waals surface area contributed by atoms with Crippen LogP contribution in [0.4, 0.5) is 5.69 Å². The van der Waals surface area contributed by atoms with E-state index in [1.807, 2.05) is 42.5 Å². The Morgan fingerprint density at radius 1 is 1.03 bits per heavy atom. The Hall–Kier alpha value is -3.78. The van der Waals surface area contributed by atoms with Gasteiger partial charge in [0.25, 0.3) is 0 Å². The van der Waals surface area contributed by atoms with Crippen molar-refractivity contribution in [3.8, 4) is 5.75 Å². The molecule has 3 aromatic carbocycles. The number of aliphatic hydroxyl groups is 1. The highest BCUT2D eigenvalue weighted by atomic mass is 16.6. The average molecular weight is 528 g/mol. The number of benzene rings is 3. The quantitative estimate of drug-likeness (QED) is 0.173. The Balaban J connectivity index is 0.000000202. The lowest BCUT2D eigenvalue weighted by molar-refractivity contribution is -0.0150. The number of para-hydroxylation sites is 1. The molecule has 0 amide bonds. The van der Waals surface area contributed by atoms with Crippen LogP contribution in [0.5, 0.6) is 5.75 Å². The summed E-state index contributed by atoms with van der Waals surface area (Å²) in [5.41, 5.74) is 7.01. The number of nitrogens with one attached hydrogen (secondary N) is 1. The second kappa shape index (κ2) is 13.8. The number of ether oxygens (including phenoxy) is 1. The highest BCUT2D eigenvalue weighted by Crippen LogP contribution is 2.25. The number of carbonyl (C=O) groups excluding carboxylic acids is 1. The summed E-state index contributed by atoms with van der Waals surface area (Å²) in [5.74, 6) is 0.511. The van der Waals surface area contributed by atoms with Gasteiger partial charge in [-0.1, -0.05) is 54.6 Å². The monoisotopic (exact) mass is 527 g/mol. The number of fused-ring (bicyclic) bond motifs is 1. The molecule has 1 saturated heterocycles. The molecule has 0 radical (unpaired) electrons. The van der Waals surface area contributed by atoms with Crippen molar-refractivity contribution in [1.82, 2.24) is 9.88 Å². The van der Waals surface area contributed by atoms with E-state index >= 15 is 0 Å². The first kappa shape index (κ1) is 28.2. The normalized spacial score (nSPS) is 14.7. The third-order valence-corrected chi connectivity index (χ3v) is 7.03. The zero-order valence-corrected chi connectivity index (χ0v) is 22.7. The summed E-state index contributed by atoms with van der Waals surface area (Å²) in [6, 6.07) is 25.6. The van der Waals surface area contributed by atoms with Crippen molar-refractivity contribution in [2.24, 2.45) is 0 Å². The number of piperidine rings is 1. The largest absolute Gasteiger partial charge is 0.496 e. The standard InChI is InChI=1S/C19H18N2O3.C13H19NO/c1-23-18-12-17(8-7-16(18)13-22)21-24-11-9-15-5-2-4-14-6-3-10-20-19(14)15;1-14-9-7-13(15,8-10-14)11-12-5-3-2-4-6-12/h2-8,10,12-13,21H,9,11H2,1H3;2-6,15H,7-11H2,1H3. The third kappa shape index (κ3) is 8.10. The van der Waals surface area contributed by atoms with Gasteiger partial charge in [-0.05, 0) is 49.2 Å². The maximum Gasteiger partial charge on any atom is 0.153 e. The van der Waals surface area contributed by atoms with E-state index in [-0.39, 0.29) is 0 Å². The van der Waals surface area contributed by atoms with E-state index in [0.717, 1.165) is 67.2 Å². The van der Waals surface area contributed by atoms with Crippen LogP contribution in [0.2, 0.25) is 0 Å². The Labute approximate surface area is 230 Å². The summed E-state index contributed by atoms with van der Waals surface area (Å²) < 4.78 is 5.17. The van der Waals surface area contributed by atoms with Gasteiger partial charge in [-0.3, -0.25) is 20.1 Å². The van der Waals surface area contributed by atoms with Crippen molar-refractivity contribution >= 4 is 22.9 Å². The predicted molar refractivity (Wildman–Crippen MR) is 155 cm³/mol. The van der Waals surface area contributed by atoms with Gasteiger partial charge in [0.05, 0.1) is 36.1 Å². The Kier molecular flexibility index (Phi) is 10.0. The summed E-state index contributed by atoms with van der Waals surface area (Å²) in [5, 5.41) is 11.5. The number of methoxy groups -OCH3 is 1.